The first-order chi connectivity index (χ1) is 17.7. The van der Waals surface area contributed by atoms with Crippen LogP contribution in [-0.4, -0.2) is 73.5 Å². The van der Waals surface area contributed by atoms with Gasteiger partial charge in [0.1, 0.15) is 12.4 Å². The number of nitrogens with zero attached hydrogens (tertiary/aromatic N) is 4. The minimum absolute atomic E-state index is 0.0843. The van der Waals surface area contributed by atoms with Gasteiger partial charge in [-0.15, -0.1) is 0 Å². The summed E-state index contributed by atoms with van der Waals surface area (Å²) in [5, 5.41) is 0. The number of hydrogen-bond donors (Lipinski definition) is 0. The first kappa shape index (κ1) is 26.8. The summed E-state index contributed by atoms with van der Waals surface area (Å²) in [5.41, 5.74) is 4.76. The number of ether oxygens (including phenoxy) is 2. The number of rotatable bonds is 10. The minimum Gasteiger partial charge on any atom is -0.497 e. The van der Waals surface area contributed by atoms with Crippen molar-refractivity contribution in [2.24, 2.45) is 0 Å². The van der Waals surface area contributed by atoms with Crippen molar-refractivity contribution >= 4 is 15.9 Å². The molecule has 1 aromatic carbocycles. The van der Waals surface area contributed by atoms with Crippen LogP contribution in [0.5, 0.6) is 5.75 Å². The quantitative estimate of drug-likeness (QED) is 0.377. The van der Waals surface area contributed by atoms with Crippen molar-refractivity contribution in [2.75, 3.05) is 40.5 Å². The molecule has 2 aromatic heterocycles. The van der Waals surface area contributed by atoms with E-state index in [1.165, 1.54) is 22.6 Å². The Labute approximate surface area is 218 Å². The van der Waals surface area contributed by atoms with E-state index in [4.69, 9.17) is 9.47 Å². The SMILES string of the molecule is COc1cc(C)c(S(=O)(=O)N(C)CCOCC(=O)N2CCn3c(Cc4ccncc4)ccc3C2)c(C)c1. The van der Waals surface area contributed by atoms with Crippen molar-refractivity contribution in [1.82, 2.24) is 18.8 Å². The van der Waals surface area contributed by atoms with Crippen LogP contribution in [0.25, 0.3) is 0 Å². The Kier molecular flexibility index (Phi) is 8.31. The monoisotopic (exact) mass is 526 g/mol. The fraction of sp³-hybridized carbons (Fsp3) is 0.407. The standard InChI is InChI=1S/C27H34N4O5S/c1-20-15-25(35-4)16-21(2)27(20)37(33,34)29(3)13-14-36-19-26(32)30-11-12-31-23(5-6-24(31)18-30)17-22-7-9-28-10-8-22/h5-10,15-16H,11-14,17-19H2,1-4H3. The van der Waals surface area contributed by atoms with Crippen LogP contribution in [0.3, 0.4) is 0 Å². The molecule has 9 nitrogen and oxygen atoms in total. The first-order valence-electron chi connectivity index (χ1n) is 12.2. The molecule has 1 aliphatic heterocycles. The molecule has 0 bridgehead atoms. The van der Waals surface area contributed by atoms with Crippen LogP contribution < -0.4 is 4.74 Å². The number of methoxy groups -OCH3 is 1. The van der Waals surface area contributed by atoms with E-state index >= 15 is 0 Å². The van der Waals surface area contributed by atoms with Crippen molar-refractivity contribution in [3.05, 3.63) is 76.9 Å². The van der Waals surface area contributed by atoms with Gasteiger partial charge in [0.15, 0.2) is 0 Å². The zero-order valence-corrected chi connectivity index (χ0v) is 22.6. The number of benzene rings is 1. The molecular weight excluding hydrogens is 492 g/mol. The maximum absolute atomic E-state index is 13.1. The van der Waals surface area contributed by atoms with E-state index in [1.807, 2.05) is 12.1 Å². The number of carbonyl (C=O) groups is 1. The van der Waals surface area contributed by atoms with Gasteiger partial charge in [0.05, 0.1) is 25.2 Å². The van der Waals surface area contributed by atoms with Crippen LogP contribution in [0.15, 0.2) is 53.7 Å². The fourth-order valence-corrected chi connectivity index (χ4v) is 6.27. The van der Waals surface area contributed by atoms with Gasteiger partial charge in [-0.25, -0.2) is 8.42 Å². The second-order valence-corrected chi connectivity index (χ2v) is 11.3. The van der Waals surface area contributed by atoms with Gasteiger partial charge in [-0.3, -0.25) is 9.78 Å². The second-order valence-electron chi connectivity index (χ2n) is 9.28. The van der Waals surface area contributed by atoms with E-state index in [0.29, 0.717) is 30.0 Å². The van der Waals surface area contributed by atoms with Crippen molar-refractivity contribution < 1.29 is 22.7 Å². The molecule has 0 radical (unpaired) electrons. The van der Waals surface area contributed by atoms with Crippen LogP contribution in [0.2, 0.25) is 0 Å². The van der Waals surface area contributed by atoms with E-state index in [9.17, 15) is 13.2 Å². The molecule has 0 saturated heterocycles. The normalized spacial score (nSPS) is 13.6. The van der Waals surface area contributed by atoms with E-state index in [2.05, 4.69) is 21.7 Å². The van der Waals surface area contributed by atoms with Gasteiger partial charge in [0.25, 0.3) is 0 Å². The largest absolute Gasteiger partial charge is 0.497 e. The van der Waals surface area contributed by atoms with Gasteiger partial charge < -0.3 is 18.9 Å². The lowest BCUT2D eigenvalue weighted by molar-refractivity contribution is -0.137. The van der Waals surface area contributed by atoms with Crippen LogP contribution in [0, 0.1) is 13.8 Å². The summed E-state index contributed by atoms with van der Waals surface area (Å²) in [5.74, 6) is 0.517. The summed E-state index contributed by atoms with van der Waals surface area (Å²) in [6, 6.07) is 11.6. The molecule has 0 unspecified atom stereocenters. The maximum atomic E-state index is 13.1. The summed E-state index contributed by atoms with van der Waals surface area (Å²) in [6.07, 6.45) is 4.42. The molecule has 3 aromatic rings. The highest BCUT2D eigenvalue weighted by Gasteiger charge is 2.26. The van der Waals surface area contributed by atoms with E-state index in [-0.39, 0.29) is 30.6 Å². The van der Waals surface area contributed by atoms with E-state index in [0.717, 1.165) is 18.7 Å². The molecule has 3 heterocycles. The number of likely N-dealkylation sites (N-methyl/N-ethyl adjacent to an activating group) is 1. The maximum Gasteiger partial charge on any atom is 0.248 e. The molecule has 10 heteroatoms. The fourth-order valence-electron chi connectivity index (χ4n) is 4.71. The van der Waals surface area contributed by atoms with Gasteiger partial charge in [0.2, 0.25) is 15.9 Å². The number of carbonyl (C=O) groups excluding carboxylic acids is 1. The lowest BCUT2D eigenvalue weighted by Crippen LogP contribution is -2.40. The third kappa shape index (κ3) is 6.03. The number of fused-ring (bicyclic) bond motifs is 1. The zero-order valence-electron chi connectivity index (χ0n) is 21.8. The lowest BCUT2D eigenvalue weighted by atomic mass is 10.1. The molecule has 0 spiro atoms. The molecule has 1 aliphatic rings. The highest BCUT2D eigenvalue weighted by molar-refractivity contribution is 7.89. The van der Waals surface area contributed by atoms with Crippen molar-refractivity contribution in [1.29, 1.82) is 0 Å². The Morgan fingerprint density at radius 3 is 2.46 bits per heavy atom. The average molecular weight is 527 g/mol. The molecule has 1 amide bonds. The summed E-state index contributed by atoms with van der Waals surface area (Å²) in [7, 11) is -0.633. The molecule has 0 saturated carbocycles. The van der Waals surface area contributed by atoms with Crippen LogP contribution in [0.1, 0.15) is 28.1 Å². The summed E-state index contributed by atoms with van der Waals surface area (Å²) >= 11 is 0. The Morgan fingerprint density at radius 2 is 1.78 bits per heavy atom. The number of amides is 1. The van der Waals surface area contributed by atoms with E-state index < -0.39 is 10.0 Å². The molecule has 0 N–H and O–H groups in total. The van der Waals surface area contributed by atoms with Crippen molar-refractivity contribution in [2.45, 2.75) is 38.3 Å². The predicted octanol–water partition coefficient (Wildman–Crippen LogP) is 2.78. The van der Waals surface area contributed by atoms with Gasteiger partial charge >= 0.3 is 0 Å². The predicted molar refractivity (Wildman–Crippen MR) is 140 cm³/mol. The molecule has 198 valence electrons. The third-order valence-corrected chi connectivity index (χ3v) is 8.87. The smallest absolute Gasteiger partial charge is 0.248 e. The topological polar surface area (TPSA) is 94.0 Å². The van der Waals surface area contributed by atoms with Crippen LogP contribution in [-0.2, 0) is 39.1 Å². The summed E-state index contributed by atoms with van der Waals surface area (Å²) < 4.78 is 40.6. The van der Waals surface area contributed by atoms with Gasteiger partial charge in [-0.05, 0) is 66.9 Å². The molecule has 0 atom stereocenters. The average Bonchev–Trinajstić information content (AvgIpc) is 3.28. The zero-order chi connectivity index (χ0) is 26.6. The Hall–Kier alpha value is -3.21. The lowest BCUT2D eigenvalue weighted by Gasteiger charge is -2.30. The van der Waals surface area contributed by atoms with Gasteiger partial charge in [-0.1, -0.05) is 0 Å². The van der Waals surface area contributed by atoms with Gasteiger partial charge in [0, 0.05) is 56.9 Å². The molecule has 4 rings (SSSR count). The summed E-state index contributed by atoms with van der Waals surface area (Å²) in [4.78, 5) is 18.9. The molecule has 37 heavy (non-hydrogen) atoms. The third-order valence-electron chi connectivity index (χ3n) is 6.71. The first-order valence-corrected chi connectivity index (χ1v) is 13.7. The number of pyridine rings is 1. The Morgan fingerprint density at radius 1 is 1.08 bits per heavy atom. The summed E-state index contributed by atoms with van der Waals surface area (Å²) in [6.45, 7) is 5.55. The van der Waals surface area contributed by atoms with Crippen LogP contribution in [0.4, 0.5) is 0 Å². The number of aromatic nitrogens is 2. The minimum atomic E-state index is -3.70. The highest BCUT2D eigenvalue weighted by atomic mass is 32.2. The number of sulfonamides is 1. The highest BCUT2D eigenvalue weighted by Crippen LogP contribution is 2.27. The molecular formula is C27H34N4O5S. The Balaban J connectivity index is 1.27. The number of hydrogen-bond acceptors (Lipinski definition) is 6. The van der Waals surface area contributed by atoms with Gasteiger partial charge in [-0.2, -0.15) is 4.31 Å². The van der Waals surface area contributed by atoms with E-state index in [1.54, 1.807) is 50.4 Å². The molecule has 0 fully saturated rings. The number of aryl methyl sites for hydroxylation is 2. The Bertz CT molecular complexity index is 1330. The molecule has 0 aliphatic carbocycles. The van der Waals surface area contributed by atoms with Crippen molar-refractivity contribution in [3.8, 4) is 5.75 Å². The van der Waals surface area contributed by atoms with Crippen LogP contribution >= 0.6 is 0 Å². The second kappa shape index (κ2) is 11.5. The van der Waals surface area contributed by atoms with Crippen molar-refractivity contribution in [3.63, 3.8) is 0 Å².